The lowest BCUT2D eigenvalue weighted by atomic mass is 9.80. The van der Waals surface area contributed by atoms with E-state index in [4.69, 9.17) is 24.2 Å². The number of amides is 6. The van der Waals surface area contributed by atoms with E-state index in [9.17, 15) is 4.79 Å². The average Bonchev–Trinajstić information content (AvgIpc) is 1.59. The zero-order valence-electron chi connectivity index (χ0n) is 76.0. The number of piperidine rings is 3. The van der Waals surface area contributed by atoms with Crippen molar-refractivity contribution in [1.82, 2.24) is 70.5 Å². The van der Waals surface area contributed by atoms with Crippen LogP contribution in [0.3, 0.4) is 0 Å². The van der Waals surface area contributed by atoms with Gasteiger partial charge in [-0.05, 0) is 174 Å². The first-order valence-corrected chi connectivity index (χ1v) is 44.8. The van der Waals surface area contributed by atoms with Crippen LogP contribution in [0.25, 0.3) is 0 Å². The molecule has 130 heavy (non-hydrogen) atoms. The van der Waals surface area contributed by atoms with E-state index in [1.807, 2.05) is 140 Å². The predicted octanol–water partition coefficient (Wildman–Crippen LogP) is 15.2. The number of aromatic nitrogens is 8. The summed E-state index contributed by atoms with van der Waals surface area (Å²) in [7, 11) is 5.00. The molecule has 27 nitrogen and oxygen atoms in total. The van der Waals surface area contributed by atoms with E-state index in [0.717, 1.165) is 83.5 Å². The molecule has 6 N–H and O–H groups in total. The highest BCUT2D eigenvalue weighted by Gasteiger charge is 2.42. The van der Waals surface area contributed by atoms with Crippen LogP contribution in [-0.2, 0) is 56.7 Å². The third kappa shape index (κ3) is 23.1. The Hall–Kier alpha value is -13.5. The minimum absolute atomic E-state index is 0.0802. The number of carbonyl (C=O) groups is 6. The molecule has 11 aromatic rings. The number of benzene rings is 6. The largest absolute Gasteiger partial charge is 0.497 e. The van der Waals surface area contributed by atoms with Crippen LogP contribution < -0.4 is 44.9 Å². The first-order chi connectivity index (χ1) is 62.8. The topological polar surface area (TPSA) is 310 Å². The van der Waals surface area contributed by atoms with E-state index in [1.54, 1.807) is 64.4 Å². The molecule has 8 heterocycles. The van der Waals surface area contributed by atoms with Gasteiger partial charge >= 0.3 is 0 Å². The number of pyridine rings is 2. The van der Waals surface area contributed by atoms with E-state index in [2.05, 4.69) is 145 Å². The second kappa shape index (κ2) is 42.6. The van der Waals surface area contributed by atoms with Gasteiger partial charge in [0.2, 0.25) is 17.7 Å². The van der Waals surface area contributed by atoms with Crippen LogP contribution in [0.15, 0.2) is 255 Å². The highest BCUT2D eigenvalue weighted by atomic mass is 16.5. The van der Waals surface area contributed by atoms with Crippen molar-refractivity contribution in [2.24, 2.45) is 4.99 Å². The molecule has 3 saturated heterocycles. The van der Waals surface area contributed by atoms with Crippen LogP contribution in [0.4, 0.5) is 17.1 Å². The number of H-pyrrole nitrogens is 3. The van der Waals surface area contributed by atoms with Crippen LogP contribution in [0.5, 0.6) is 17.2 Å². The Morgan fingerprint density at radius 1 is 0.492 bits per heavy atom. The fourth-order valence-corrected chi connectivity index (χ4v) is 17.6. The van der Waals surface area contributed by atoms with Gasteiger partial charge in [0, 0.05) is 172 Å². The van der Waals surface area contributed by atoms with Crippen LogP contribution in [-0.4, -0.2) is 188 Å². The maximum Gasteiger partial charge on any atom is 0.279 e. The summed E-state index contributed by atoms with van der Waals surface area (Å²) < 4.78 is 16.6. The number of ether oxygens (including phenoxy) is 3. The second-order valence-corrected chi connectivity index (χ2v) is 36.2. The van der Waals surface area contributed by atoms with Crippen LogP contribution in [0.2, 0.25) is 0 Å². The minimum Gasteiger partial charge on any atom is -0.497 e. The maximum absolute atomic E-state index is 15.9. The summed E-state index contributed by atoms with van der Waals surface area (Å²) in [6.07, 6.45) is 23.9. The van der Waals surface area contributed by atoms with Crippen molar-refractivity contribution < 1.29 is 43.0 Å². The lowest BCUT2D eigenvalue weighted by Crippen LogP contribution is -2.55. The molecule has 3 aliphatic heterocycles. The fourth-order valence-electron chi connectivity index (χ4n) is 17.6. The number of hydrogen-bond donors (Lipinski definition) is 6. The summed E-state index contributed by atoms with van der Waals surface area (Å²) in [6, 6.07) is 50.4. The Morgan fingerprint density at radius 3 is 1.45 bits per heavy atom. The lowest BCUT2D eigenvalue weighted by Gasteiger charge is -2.36. The SMILES string of the molecule is C=C/C=C(\C=NCCC(C)(C)c1ccc(N(C(=O)c2c[nH]cn2)C(C(=O)NC2CCN(Cc3ccccc3OC)CC2)c2cccnc2)cc1)C(C(=O)NC1CCN(Cc2cccc(OC)c2)CC1)N(C(=O)c1c[nH]cn1)c1ccc(C(C)(C)Cc2ccc(C(C(=O)NC3CCN(Cc4ccc(OC)cc4)CC3)N(C(=O)c3c[nH]cn3)c3ccc(C(C)(C)C)cc3)cn2)cc1. The summed E-state index contributed by atoms with van der Waals surface area (Å²) in [6.45, 7) is 25.9. The van der Waals surface area contributed by atoms with Gasteiger partial charge in [0.05, 0.1) is 40.3 Å². The Labute approximate surface area is 761 Å². The highest BCUT2D eigenvalue weighted by molar-refractivity contribution is 6.13. The number of para-hydroxylation sites is 1. The second-order valence-electron chi connectivity index (χ2n) is 36.2. The van der Waals surface area contributed by atoms with Gasteiger partial charge in [-0.25, -0.2) is 15.0 Å². The van der Waals surface area contributed by atoms with Crippen LogP contribution >= 0.6 is 0 Å². The standard InChI is InChI=1S/C103H120N18O9/c1-12-17-72(58-105-49-47-102(5,6)77-28-35-84(36-29-77)120(99(126)89-62-107-68-111-89)93(73-20-16-48-104-59-73)96(123)114-81-45-54-118(55-46-81)66-75-19-13-14-22-91(75)130-11)92(95(122)113-80-43-52-117(53-44-80)65-71-18-15-21-87(56-71)129-10)119(98(125)88-61-106-67-110-88)85-37-30-78(31-38-85)103(7,8)57-82-32-25-74(60-109-82)94(97(124)115-79-41-50-116(51-42-79)64-70-23-39-86(128-9)40-24-70)121(100(127)90-63-108-69-112-90)83-33-26-76(27-34-83)101(2,3)4/h12-40,48,56,58-63,67-69,79-81,92-94H,1,41-47,49-55,57,64-66H2,2-11H3,(H,106,110)(H,107,111)(H,108,112)(H,113,122)(H,114,123)(H,115,124)/b72-17+,105-58?. The van der Waals surface area contributed by atoms with Crippen molar-refractivity contribution in [1.29, 1.82) is 0 Å². The van der Waals surface area contributed by atoms with Crippen molar-refractivity contribution >= 4 is 58.7 Å². The Balaban J connectivity index is 0.719. The number of hydrogen-bond acceptors (Lipinski definition) is 18. The van der Waals surface area contributed by atoms with Crippen molar-refractivity contribution in [3.05, 3.63) is 318 Å². The van der Waals surface area contributed by atoms with Crippen molar-refractivity contribution in [2.75, 3.05) is 81.8 Å². The van der Waals surface area contributed by atoms with E-state index in [1.165, 1.54) is 57.8 Å². The summed E-state index contributed by atoms with van der Waals surface area (Å²) in [4.78, 5) is 140. The molecular weight excluding hydrogens is 1630 g/mol. The van der Waals surface area contributed by atoms with Gasteiger partial charge in [-0.15, -0.1) is 0 Å². The molecule has 3 fully saturated rings. The summed E-state index contributed by atoms with van der Waals surface area (Å²) in [5.41, 5.74) is 8.86. The van der Waals surface area contributed by atoms with E-state index in [-0.39, 0.29) is 59.0 Å². The number of anilines is 3. The van der Waals surface area contributed by atoms with Gasteiger partial charge in [0.15, 0.2) is 0 Å². The third-order valence-electron chi connectivity index (χ3n) is 25.2. The number of allylic oxidation sites excluding steroid dienone is 2. The van der Waals surface area contributed by atoms with Gasteiger partial charge in [0.25, 0.3) is 17.7 Å². The van der Waals surface area contributed by atoms with Gasteiger partial charge in [-0.3, -0.25) is 73.1 Å². The average molecular weight is 1750 g/mol. The number of aromatic amines is 3. The predicted molar refractivity (Wildman–Crippen MR) is 506 cm³/mol. The number of rotatable bonds is 36. The Morgan fingerprint density at radius 2 is 0.977 bits per heavy atom. The number of nitrogens with one attached hydrogen (secondary N) is 6. The van der Waals surface area contributed by atoms with Gasteiger partial charge in [-0.2, -0.15) is 0 Å². The number of imidazole rings is 3. The molecule has 0 spiro atoms. The van der Waals surface area contributed by atoms with Gasteiger partial charge in [0.1, 0.15) is 52.5 Å². The molecule has 0 bridgehead atoms. The fraction of sp³-hybridized carbons (Fsp3) is 0.359. The maximum atomic E-state index is 15.9. The summed E-state index contributed by atoms with van der Waals surface area (Å²) in [5, 5.41) is 10.1. The monoisotopic (exact) mass is 1750 g/mol. The number of likely N-dealkylation sites (tertiary alicyclic amines) is 3. The molecule has 676 valence electrons. The third-order valence-corrected chi connectivity index (χ3v) is 25.2. The normalized spacial score (nSPS) is 15.5. The highest BCUT2D eigenvalue weighted by Crippen LogP contribution is 2.39. The molecular formula is C103H120N18O9. The molecule has 0 aliphatic carbocycles. The molecule has 6 amide bonds. The van der Waals surface area contributed by atoms with E-state index in [0.29, 0.717) is 111 Å². The molecule has 6 aromatic carbocycles. The number of aliphatic imine (C=N–C) groups is 1. The number of carbonyl (C=O) groups excluding carboxylic acids is 6. The molecule has 3 aliphatic rings. The molecule has 0 radical (unpaired) electrons. The molecule has 0 saturated carbocycles. The Bertz CT molecular complexity index is 5640. The smallest absolute Gasteiger partial charge is 0.279 e. The van der Waals surface area contributed by atoms with E-state index >= 15 is 24.0 Å². The first kappa shape index (κ1) is 92.7. The zero-order chi connectivity index (χ0) is 91.5. The molecule has 27 heteroatoms. The number of nitrogens with zero attached hydrogens (tertiary/aromatic N) is 12. The zero-order valence-corrected chi connectivity index (χ0v) is 76.0. The molecule has 5 aromatic heterocycles. The lowest BCUT2D eigenvalue weighted by molar-refractivity contribution is -0.124. The molecule has 3 atom stereocenters. The molecule has 3 unspecified atom stereocenters. The van der Waals surface area contributed by atoms with Gasteiger partial charge in [-0.1, -0.05) is 158 Å². The van der Waals surface area contributed by atoms with E-state index < -0.39 is 52.6 Å². The Kier molecular flexibility index (Phi) is 30.4. The molecule has 14 rings (SSSR count). The van der Waals surface area contributed by atoms with Crippen LogP contribution in [0.1, 0.15) is 187 Å². The van der Waals surface area contributed by atoms with Crippen molar-refractivity contribution in [3.8, 4) is 17.2 Å². The number of methoxy groups -OCH3 is 3. The quantitative estimate of drug-likeness (QED) is 0.0157. The summed E-state index contributed by atoms with van der Waals surface area (Å²) >= 11 is 0. The van der Waals surface area contributed by atoms with Gasteiger partial charge < -0.3 is 45.1 Å². The summed E-state index contributed by atoms with van der Waals surface area (Å²) in [5.74, 6) is -0.189. The van der Waals surface area contributed by atoms with Crippen molar-refractivity contribution in [2.45, 2.75) is 172 Å². The van der Waals surface area contributed by atoms with Crippen LogP contribution in [0, 0.1) is 0 Å². The van der Waals surface area contributed by atoms with Crippen molar-refractivity contribution in [3.63, 3.8) is 0 Å². The minimum atomic E-state index is -1.31. The first-order valence-electron chi connectivity index (χ1n) is 44.8.